The minimum atomic E-state index is -3.75. The van der Waals surface area contributed by atoms with Crippen LogP contribution in [0.5, 0.6) is 0 Å². The first-order valence-electron chi connectivity index (χ1n) is 10.6. The Hall–Kier alpha value is -2.45. The van der Waals surface area contributed by atoms with Crippen LogP contribution in [-0.2, 0) is 27.9 Å². The first-order valence-corrected chi connectivity index (χ1v) is 12.5. The second kappa shape index (κ2) is 10.2. The highest BCUT2D eigenvalue weighted by atomic mass is 32.2. The quantitative estimate of drug-likeness (QED) is 0.641. The molecule has 0 saturated carbocycles. The molecule has 3 rings (SSSR count). The maximum absolute atomic E-state index is 13.3. The van der Waals surface area contributed by atoms with E-state index in [9.17, 15) is 17.6 Å². The van der Waals surface area contributed by atoms with Gasteiger partial charge in [0.05, 0.1) is 11.9 Å². The SMILES string of the molecule is CCC(C(=O)NCc1ccccc1CN1CCCC1)N(c1ccc(F)cc1)S(C)(=O)=O. The molecule has 168 valence electrons. The molecule has 1 N–H and O–H groups in total. The molecule has 1 atom stereocenters. The second-order valence-electron chi connectivity index (χ2n) is 7.93. The van der Waals surface area contributed by atoms with Crippen LogP contribution in [0.15, 0.2) is 48.5 Å². The molecule has 2 aromatic carbocycles. The fraction of sp³-hybridized carbons (Fsp3) is 0.435. The third-order valence-corrected chi connectivity index (χ3v) is 6.75. The smallest absolute Gasteiger partial charge is 0.244 e. The monoisotopic (exact) mass is 447 g/mol. The van der Waals surface area contributed by atoms with Gasteiger partial charge in [0, 0.05) is 13.1 Å². The zero-order valence-electron chi connectivity index (χ0n) is 18.1. The molecule has 1 aliphatic rings. The van der Waals surface area contributed by atoms with Crippen molar-refractivity contribution in [3.05, 3.63) is 65.5 Å². The van der Waals surface area contributed by atoms with Crippen LogP contribution >= 0.6 is 0 Å². The van der Waals surface area contributed by atoms with Crippen molar-refractivity contribution in [3.63, 3.8) is 0 Å². The highest BCUT2D eigenvalue weighted by molar-refractivity contribution is 7.92. The Labute approximate surface area is 184 Å². The summed E-state index contributed by atoms with van der Waals surface area (Å²) in [6, 6.07) is 12.2. The number of sulfonamides is 1. The Morgan fingerprint density at radius 3 is 2.29 bits per heavy atom. The summed E-state index contributed by atoms with van der Waals surface area (Å²) in [6.45, 7) is 5.08. The van der Waals surface area contributed by atoms with Crippen LogP contribution in [0.1, 0.15) is 37.3 Å². The van der Waals surface area contributed by atoms with Gasteiger partial charge in [0.25, 0.3) is 0 Å². The second-order valence-corrected chi connectivity index (χ2v) is 9.79. The van der Waals surface area contributed by atoms with E-state index in [1.807, 2.05) is 18.2 Å². The van der Waals surface area contributed by atoms with Crippen LogP contribution in [-0.4, -0.2) is 44.6 Å². The molecular weight excluding hydrogens is 417 g/mol. The standard InChI is InChI=1S/C23H30FN3O3S/c1-3-22(27(31(2,29)30)21-12-10-20(24)11-13-21)23(28)25-16-18-8-4-5-9-19(18)17-26-14-6-7-15-26/h4-5,8-13,22H,3,6-7,14-17H2,1-2H3,(H,25,28). The van der Waals surface area contributed by atoms with Crippen LogP contribution in [0.3, 0.4) is 0 Å². The Kier molecular flexibility index (Phi) is 7.67. The Balaban J connectivity index is 1.75. The van der Waals surface area contributed by atoms with Crippen molar-refractivity contribution in [1.82, 2.24) is 10.2 Å². The Bertz CT molecular complexity index is 989. The molecule has 0 aliphatic carbocycles. The lowest BCUT2D eigenvalue weighted by molar-refractivity contribution is -0.122. The van der Waals surface area contributed by atoms with Gasteiger partial charge >= 0.3 is 0 Å². The summed E-state index contributed by atoms with van der Waals surface area (Å²) in [5, 5.41) is 2.91. The summed E-state index contributed by atoms with van der Waals surface area (Å²) in [5.74, 6) is -0.850. The maximum Gasteiger partial charge on any atom is 0.244 e. The number of amides is 1. The van der Waals surface area contributed by atoms with E-state index in [4.69, 9.17) is 0 Å². The number of carbonyl (C=O) groups is 1. The molecule has 1 unspecified atom stereocenters. The van der Waals surface area contributed by atoms with Crippen molar-refractivity contribution in [2.24, 2.45) is 0 Å². The number of hydrogen-bond acceptors (Lipinski definition) is 4. The van der Waals surface area contributed by atoms with Gasteiger partial charge in [-0.1, -0.05) is 31.2 Å². The zero-order chi connectivity index (χ0) is 22.4. The van der Waals surface area contributed by atoms with Crippen molar-refractivity contribution in [3.8, 4) is 0 Å². The number of benzene rings is 2. The molecule has 6 nitrogen and oxygen atoms in total. The molecule has 0 spiro atoms. The van der Waals surface area contributed by atoms with Gasteiger partial charge in [-0.15, -0.1) is 0 Å². The molecule has 2 aromatic rings. The van der Waals surface area contributed by atoms with Crippen LogP contribution in [0.25, 0.3) is 0 Å². The fourth-order valence-electron chi connectivity index (χ4n) is 4.01. The fourth-order valence-corrected chi connectivity index (χ4v) is 5.23. The first-order chi connectivity index (χ1) is 14.8. The van der Waals surface area contributed by atoms with Crippen molar-refractivity contribution >= 4 is 21.6 Å². The lowest BCUT2D eigenvalue weighted by Crippen LogP contribution is -2.49. The van der Waals surface area contributed by atoms with E-state index in [2.05, 4.69) is 16.3 Å². The van der Waals surface area contributed by atoms with E-state index >= 15 is 0 Å². The Morgan fingerprint density at radius 1 is 1.10 bits per heavy atom. The van der Waals surface area contributed by atoms with Crippen LogP contribution in [0, 0.1) is 5.82 Å². The van der Waals surface area contributed by atoms with Gasteiger partial charge in [0.2, 0.25) is 15.9 Å². The molecule has 31 heavy (non-hydrogen) atoms. The van der Waals surface area contributed by atoms with E-state index in [0.29, 0.717) is 6.54 Å². The lowest BCUT2D eigenvalue weighted by atomic mass is 10.1. The van der Waals surface area contributed by atoms with Crippen LogP contribution < -0.4 is 9.62 Å². The summed E-state index contributed by atoms with van der Waals surface area (Å²) < 4.78 is 39.4. The van der Waals surface area contributed by atoms with E-state index in [1.165, 1.54) is 37.1 Å². The van der Waals surface area contributed by atoms with Gasteiger partial charge in [0.15, 0.2) is 0 Å². The first kappa shape index (κ1) is 23.2. The van der Waals surface area contributed by atoms with Gasteiger partial charge in [0.1, 0.15) is 11.9 Å². The van der Waals surface area contributed by atoms with Gasteiger partial charge in [-0.2, -0.15) is 0 Å². The van der Waals surface area contributed by atoms with Crippen molar-refractivity contribution in [2.75, 3.05) is 23.7 Å². The molecule has 0 bridgehead atoms. The van der Waals surface area contributed by atoms with E-state index in [0.717, 1.165) is 41.3 Å². The van der Waals surface area contributed by atoms with E-state index in [1.54, 1.807) is 6.92 Å². The highest BCUT2D eigenvalue weighted by Crippen LogP contribution is 2.23. The third-order valence-electron chi connectivity index (χ3n) is 5.57. The molecule has 0 radical (unpaired) electrons. The summed E-state index contributed by atoms with van der Waals surface area (Å²) in [4.78, 5) is 15.4. The normalized spacial score (nSPS) is 15.6. The van der Waals surface area contributed by atoms with Gasteiger partial charge in [-0.05, 0) is 67.7 Å². The lowest BCUT2D eigenvalue weighted by Gasteiger charge is -2.30. The number of halogens is 1. The largest absolute Gasteiger partial charge is 0.350 e. The van der Waals surface area contributed by atoms with Gasteiger partial charge in [-0.3, -0.25) is 14.0 Å². The van der Waals surface area contributed by atoms with Crippen molar-refractivity contribution < 1.29 is 17.6 Å². The predicted molar refractivity (Wildman–Crippen MR) is 121 cm³/mol. The number of nitrogens with zero attached hydrogens (tertiary/aromatic N) is 2. The number of carbonyl (C=O) groups excluding carboxylic acids is 1. The van der Waals surface area contributed by atoms with Crippen LogP contribution in [0.2, 0.25) is 0 Å². The van der Waals surface area contributed by atoms with Gasteiger partial charge in [-0.25, -0.2) is 12.8 Å². The average molecular weight is 448 g/mol. The molecule has 1 aliphatic heterocycles. The number of nitrogens with one attached hydrogen (secondary N) is 1. The number of rotatable bonds is 9. The minimum absolute atomic E-state index is 0.264. The topological polar surface area (TPSA) is 69.7 Å². The number of anilines is 1. The molecular formula is C23H30FN3O3S. The molecule has 0 aromatic heterocycles. The minimum Gasteiger partial charge on any atom is -0.350 e. The Morgan fingerprint density at radius 2 is 1.71 bits per heavy atom. The van der Waals surface area contributed by atoms with E-state index in [-0.39, 0.29) is 18.0 Å². The van der Waals surface area contributed by atoms with E-state index < -0.39 is 21.9 Å². The summed E-state index contributed by atoms with van der Waals surface area (Å²) in [7, 11) is -3.75. The van der Waals surface area contributed by atoms with Gasteiger partial charge < -0.3 is 5.32 Å². The highest BCUT2D eigenvalue weighted by Gasteiger charge is 2.31. The maximum atomic E-state index is 13.3. The van der Waals surface area contributed by atoms with Crippen molar-refractivity contribution in [2.45, 2.75) is 45.3 Å². The third kappa shape index (κ3) is 6.04. The molecule has 8 heteroatoms. The van der Waals surface area contributed by atoms with Crippen molar-refractivity contribution in [1.29, 1.82) is 0 Å². The molecule has 1 amide bonds. The summed E-state index contributed by atoms with van der Waals surface area (Å²) >= 11 is 0. The molecule has 1 fully saturated rings. The molecule has 1 saturated heterocycles. The number of likely N-dealkylation sites (tertiary alicyclic amines) is 1. The average Bonchev–Trinajstić information content (AvgIpc) is 3.24. The number of hydrogen-bond donors (Lipinski definition) is 1. The summed E-state index contributed by atoms with van der Waals surface area (Å²) in [5.41, 5.74) is 2.45. The zero-order valence-corrected chi connectivity index (χ0v) is 18.9. The summed E-state index contributed by atoms with van der Waals surface area (Å²) in [6.07, 6.45) is 3.76. The predicted octanol–water partition coefficient (Wildman–Crippen LogP) is 3.28. The molecule has 1 heterocycles. The van der Waals surface area contributed by atoms with Crippen LogP contribution in [0.4, 0.5) is 10.1 Å².